The first kappa shape index (κ1) is 16.8. The van der Waals surface area contributed by atoms with Gasteiger partial charge in [0.2, 0.25) is 0 Å². The van der Waals surface area contributed by atoms with Crippen LogP contribution in [0.3, 0.4) is 0 Å². The first-order chi connectivity index (χ1) is 11.2. The van der Waals surface area contributed by atoms with Crippen molar-refractivity contribution in [2.24, 2.45) is 5.41 Å². The predicted octanol–water partition coefficient (Wildman–Crippen LogP) is 2.54. The molecule has 2 heterocycles. The maximum absolute atomic E-state index is 12.6. The molecule has 0 saturated carbocycles. The van der Waals surface area contributed by atoms with E-state index in [2.05, 4.69) is 4.90 Å². The summed E-state index contributed by atoms with van der Waals surface area (Å²) in [7, 11) is 0. The molecule has 0 radical (unpaired) electrons. The molecule has 0 aliphatic carbocycles. The first-order valence-corrected chi connectivity index (χ1v) is 8.24. The number of rotatable bonds is 2. The fraction of sp³-hybridized carbons (Fsp3) is 0.556. The number of nitrogens with zero attached hydrogens (tertiary/aromatic N) is 2. The van der Waals surface area contributed by atoms with Crippen LogP contribution in [0.1, 0.15) is 32.8 Å². The van der Waals surface area contributed by atoms with Crippen molar-refractivity contribution >= 4 is 12.1 Å². The SMILES string of the molecule is CC(C)(C)[C@H]1OC(=O)[C@@]2(CCN(Cc3ccccc3)C2)N1C(=O)O. The lowest BCUT2D eigenvalue weighted by atomic mass is 9.90. The number of likely N-dealkylation sites (tertiary alicyclic amines) is 1. The van der Waals surface area contributed by atoms with E-state index in [1.165, 1.54) is 4.90 Å². The van der Waals surface area contributed by atoms with Gasteiger partial charge in [0.05, 0.1) is 0 Å². The van der Waals surface area contributed by atoms with Crippen LogP contribution in [-0.4, -0.2) is 51.8 Å². The minimum Gasteiger partial charge on any atom is -0.465 e. The molecule has 1 aromatic rings. The van der Waals surface area contributed by atoms with Gasteiger partial charge in [0.25, 0.3) is 0 Å². The van der Waals surface area contributed by atoms with Crippen molar-refractivity contribution < 1.29 is 19.4 Å². The summed E-state index contributed by atoms with van der Waals surface area (Å²) in [5.41, 5.74) is -0.404. The van der Waals surface area contributed by atoms with E-state index < -0.39 is 29.2 Å². The van der Waals surface area contributed by atoms with Crippen LogP contribution in [0.15, 0.2) is 30.3 Å². The monoisotopic (exact) mass is 332 g/mol. The molecule has 0 bridgehead atoms. The molecule has 1 aromatic carbocycles. The molecule has 1 N–H and O–H groups in total. The Kier molecular flexibility index (Phi) is 4.03. The molecule has 24 heavy (non-hydrogen) atoms. The van der Waals surface area contributed by atoms with Gasteiger partial charge in [-0.25, -0.2) is 9.59 Å². The summed E-state index contributed by atoms with van der Waals surface area (Å²) in [6, 6.07) is 9.98. The van der Waals surface area contributed by atoms with E-state index >= 15 is 0 Å². The van der Waals surface area contributed by atoms with Crippen LogP contribution in [0, 0.1) is 5.41 Å². The van der Waals surface area contributed by atoms with Crippen LogP contribution >= 0.6 is 0 Å². The van der Waals surface area contributed by atoms with Gasteiger partial charge >= 0.3 is 12.1 Å². The van der Waals surface area contributed by atoms with Gasteiger partial charge in [0, 0.05) is 25.0 Å². The lowest BCUT2D eigenvalue weighted by molar-refractivity contribution is -0.148. The van der Waals surface area contributed by atoms with Gasteiger partial charge in [-0.15, -0.1) is 0 Å². The molecule has 2 saturated heterocycles. The zero-order valence-electron chi connectivity index (χ0n) is 14.4. The normalized spacial score (nSPS) is 27.7. The average molecular weight is 332 g/mol. The second kappa shape index (κ2) is 5.77. The number of hydrogen-bond acceptors (Lipinski definition) is 4. The lowest BCUT2D eigenvalue weighted by Gasteiger charge is -2.36. The van der Waals surface area contributed by atoms with Crippen molar-refractivity contribution in [1.82, 2.24) is 9.80 Å². The quantitative estimate of drug-likeness (QED) is 0.843. The molecule has 1 spiro atoms. The zero-order chi connectivity index (χ0) is 17.5. The summed E-state index contributed by atoms with van der Waals surface area (Å²) in [5.74, 6) is -0.416. The minimum absolute atomic E-state index is 0.375. The summed E-state index contributed by atoms with van der Waals surface area (Å²) in [6.45, 7) is 7.40. The first-order valence-electron chi connectivity index (χ1n) is 8.24. The Hall–Kier alpha value is -2.08. The third kappa shape index (κ3) is 2.75. The van der Waals surface area contributed by atoms with Crippen LogP contribution in [0.4, 0.5) is 4.79 Å². The smallest absolute Gasteiger partial charge is 0.411 e. The molecule has 6 nitrogen and oxygen atoms in total. The maximum Gasteiger partial charge on any atom is 0.411 e. The number of ether oxygens (including phenoxy) is 1. The number of hydrogen-bond donors (Lipinski definition) is 1. The van der Waals surface area contributed by atoms with E-state index in [1.54, 1.807) is 0 Å². The highest BCUT2D eigenvalue weighted by Crippen LogP contribution is 2.42. The van der Waals surface area contributed by atoms with E-state index in [0.29, 0.717) is 26.1 Å². The van der Waals surface area contributed by atoms with Crippen molar-refractivity contribution in [1.29, 1.82) is 0 Å². The molecule has 0 aromatic heterocycles. The molecule has 3 rings (SSSR count). The third-order valence-corrected chi connectivity index (χ3v) is 4.82. The second-order valence-corrected chi connectivity index (χ2v) is 7.75. The summed E-state index contributed by atoms with van der Waals surface area (Å²) < 4.78 is 5.52. The molecule has 2 atom stereocenters. The van der Waals surface area contributed by atoms with Crippen molar-refractivity contribution in [2.45, 2.75) is 45.5 Å². The van der Waals surface area contributed by atoms with Crippen LogP contribution in [0.2, 0.25) is 0 Å². The van der Waals surface area contributed by atoms with Crippen molar-refractivity contribution in [3.05, 3.63) is 35.9 Å². The molecular formula is C18H24N2O4. The number of amides is 1. The van der Waals surface area contributed by atoms with E-state index in [-0.39, 0.29) is 0 Å². The Balaban J connectivity index is 1.84. The standard InChI is InChI=1S/C18H24N2O4/c1-17(2,3)14-20(16(22)23)18(15(21)24-14)9-10-19(12-18)11-13-7-5-4-6-8-13/h4-8,14H,9-12H2,1-3H3,(H,22,23)/t14-,18+/m1/s1. The maximum atomic E-state index is 12.6. The van der Waals surface area contributed by atoms with Crippen molar-refractivity contribution in [3.8, 4) is 0 Å². The van der Waals surface area contributed by atoms with E-state index in [0.717, 1.165) is 5.56 Å². The molecule has 2 aliphatic heterocycles. The van der Waals surface area contributed by atoms with Gasteiger partial charge in [-0.1, -0.05) is 51.1 Å². The number of carbonyl (C=O) groups excluding carboxylic acids is 1. The van der Waals surface area contributed by atoms with Crippen molar-refractivity contribution in [2.75, 3.05) is 13.1 Å². The van der Waals surface area contributed by atoms with Gasteiger partial charge in [-0.2, -0.15) is 0 Å². The topological polar surface area (TPSA) is 70.1 Å². The number of esters is 1. The Morgan fingerprint density at radius 1 is 1.33 bits per heavy atom. The molecule has 2 aliphatic rings. The second-order valence-electron chi connectivity index (χ2n) is 7.75. The van der Waals surface area contributed by atoms with Gasteiger partial charge < -0.3 is 9.84 Å². The third-order valence-electron chi connectivity index (χ3n) is 4.82. The highest BCUT2D eigenvalue weighted by atomic mass is 16.6. The van der Waals surface area contributed by atoms with Crippen LogP contribution in [0.5, 0.6) is 0 Å². The number of carboxylic acid groups (broad SMARTS) is 1. The largest absolute Gasteiger partial charge is 0.465 e. The Labute approximate surface area is 142 Å². The van der Waals surface area contributed by atoms with Crippen LogP contribution in [-0.2, 0) is 16.1 Å². The number of benzene rings is 1. The summed E-state index contributed by atoms with van der Waals surface area (Å²) in [5, 5.41) is 9.74. The van der Waals surface area contributed by atoms with Gasteiger partial charge in [-0.3, -0.25) is 9.80 Å². The molecule has 130 valence electrons. The molecule has 0 unspecified atom stereocenters. The van der Waals surface area contributed by atoms with E-state index in [1.807, 2.05) is 51.1 Å². The minimum atomic E-state index is -1.10. The summed E-state index contributed by atoms with van der Waals surface area (Å²) in [6.07, 6.45) is -1.38. The van der Waals surface area contributed by atoms with Crippen molar-refractivity contribution in [3.63, 3.8) is 0 Å². The number of cyclic esters (lactones) is 1. The summed E-state index contributed by atoms with van der Waals surface area (Å²) in [4.78, 5) is 27.9. The molecule has 2 fully saturated rings. The fourth-order valence-corrected chi connectivity index (χ4v) is 3.64. The van der Waals surface area contributed by atoms with Crippen LogP contribution in [0.25, 0.3) is 0 Å². The Morgan fingerprint density at radius 3 is 2.58 bits per heavy atom. The van der Waals surface area contributed by atoms with E-state index in [9.17, 15) is 14.7 Å². The predicted molar refractivity (Wildman–Crippen MR) is 88.3 cm³/mol. The molecular weight excluding hydrogens is 308 g/mol. The van der Waals surface area contributed by atoms with Gasteiger partial charge in [0.15, 0.2) is 11.8 Å². The van der Waals surface area contributed by atoms with E-state index in [4.69, 9.17) is 4.74 Å². The lowest BCUT2D eigenvalue weighted by Crippen LogP contribution is -2.56. The fourth-order valence-electron chi connectivity index (χ4n) is 3.64. The highest BCUT2D eigenvalue weighted by Gasteiger charge is 2.62. The van der Waals surface area contributed by atoms with Crippen LogP contribution < -0.4 is 0 Å². The molecule has 1 amide bonds. The average Bonchev–Trinajstić information content (AvgIpc) is 3.03. The zero-order valence-corrected chi connectivity index (χ0v) is 14.4. The Morgan fingerprint density at radius 2 is 2.00 bits per heavy atom. The van der Waals surface area contributed by atoms with Gasteiger partial charge in [0.1, 0.15) is 0 Å². The Bertz CT molecular complexity index is 640. The van der Waals surface area contributed by atoms with Gasteiger partial charge in [-0.05, 0) is 12.0 Å². The number of carbonyl (C=O) groups is 2. The summed E-state index contributed by atoms with van der Waals surface area (Å²) >= 11 is 0. The molecule has 6 heteroatoms. The highest BCUT2D eigenvalue weighted by molar-refractivity contribution is 5.89.